The summed E-state index contributed by atoms with van der Waals surface area (Å²) in [7, 11) is 0. The van der Waals surface area contributed by atoms with Crippen molar-refractivity contribution in [3.63, 3.8) is 0 Å². The lowest BCUT2D eigenvalue weighted by Gasteiger charge is -2.23. The number of Topliss-reactive ketones (excluding diaryl/α,β-unsaturated/α-hetero) is 1. The molecule has 2 rings (SSSR count). The third-order valence-corrected chi connectivity index (χ3v) is 2.81. The van der Waals surface area contributed by atoms with E-state index in [-0.39, 0.29) is 11.3 Å². The normalized spacial score (nSPS) is 15.3. The van der Waals surface area contributed by atoms with E-state index in [2.05, 4.69) is 0 Å². The number of halogens is 3. The molecule has 7 heteroatoms. The quantitative estimate of drug-likeness (QED) is 0.601. The van der Waals surface area contributed by atoms with Crippen LogP contribution >= 0.6 is 0 Å². The molecular weight excluding hydrogens is 246 g/mol. The fourth-order valence-corrected chi connectivity index (χ4v) is 2.18. The Bertz CT molecular complexity index is 554. The van der Waals surface area contributed by atoms with Crippen LogP contribution in [-0.4, -0.2) is 25.1 Å². The van der Waals surface area contributed by atoms with Crippen molar-refractivity contribution in [2.75, 3.05) is 11.3 Å². The highest BCUT2D eigenvalue weighted by atomic mass is 19.4. The summed E-state index contributed by atoms with van der Waals surface area (Å²) < 4.78 is 37.4. The number of carbonyl (C=O) groups excluding carboxylic acids is 2. The lowest BCUT2D eigenvalue weighted by molar-refractivity contribution is -0.114. The van der Waals surface area contributed by atoms with Gasteiger partial charge in [0.25, 0.3) is 11.7 Å². The van der Waals surface area contributed by atoms with Crippen LogP contribution in [-0.2, 0) is 4.79 Å². The average Bonchev–Trinajstić information content (AvgIpc) is 2.41. The molecule has 0 unspecified atom stereocenters. The zero-order chi connectivity index (χ0) is 13.7. The molecule has 0 spiro atoms. The molecule has 0 aromatic heterocycles. The molecular formula is C11H10BF3NO2-. The molecule has 0 fully saturated rings. The van der Waals surface area contributed by atoms with Crippen molar-refractivity contribution in [3.8, 4) is 0 Å². The predicted molar refractivity (Wildman–Crippen MR) is 61.7 cm³/mol. The molecule has 0 radical (unpaired) electrons. The third kappa shape index (κ3) is 2.00. The number of hydrogen-bond acceptors (Lipinski definition) is 2. The summed E-state index contributed by atoms with van der Waals surface area (Å²) in [5, 5.41) is 0. The van der Waals surface area contributed by atoms with Gasteiger partial charge >= 0.3 is 6.98 Å². The van der Waals surface area contributed by atoms with Crippen molar-refractivity contribution in [1.82, 2.24) is 0 Å². The molecule has 0 N–H and O–H groups in total. The van der Waals surface area contributed by atoms with Gasteiger partial charge in [-0.15, -0.1) is 0 Å². The van der Waals surface area contributed by atoms with Gasteiger partial charge in [-0.25, -0.2) is 0 Å². The van der Waals surface area contributed by atoms with Crippen molar-refractivity contribution in [3.05, 3.63) is 28.8 Å². The number of anilines is 1. The number of rotatable bonds is 2. The van der Waals surface area contributed by atoms with Crippen molar-refractivity contribution in [2.24, 2.45) is 0 Å². The molecule has 0 bridgehead atoms. The Morgan fingerprint density at radius 3 is 2.33 bits per heavy atom. The van der Waals surface area contributed by atoms with Crippen LogP contribution < -0.4 is 4.90 Å². The fourth-order valence-electron chi connectivity index (χ4n) is 2.18. The van der Waals surface area contributed by atoms with Crippen LogP contribution in [0.4, 0.5) is 18.6 Å². The van der Waals surface area contributed by atoms with Crippen LogP contribution in [0.5, 0.6) is 0 Å². The summed E-state index contributed by atoms with van der Waals surface area (Å²) in [6.07, 6.45) is -1.37. The number of aryl methyl sites for hydroxylation is 2. The van der Waals surface area contributed by atoms with E-state index in [1.807, 2.05) is 0 Å². The molecule has 1 aliphatic rings. The second-order valence-electron chi connectivity index (χ2n) is 4.43. The Hall–Kier alpha value is -1.79. The van der Waals surface area contributed by atoms with Gasteiger partial charge in [-0.05, 0) is 37.5 Å². The van der Waals surface area contributed by atoms with Crippen molar-refractivity contribution in [1.29, 1.82) is 0 Å². The van der Waals surface area contributed by atoms with Gasteiger partial charge in [-0.2, -0.15) is 0 Å². The number of carbonyl (C=O) groups is 2. The number of ketones is 1. The van der Waals surface area contributed by atoms with Gasteiger partial charge in [-0.3, -0.25) is 9.59 Å². The molecule has 1 aromatic rings. The van der Waals surface area contributed by atoms with Gasteiger partial charge in [0, 0.05) is 0 Å². The van der Waals surface area contributed by atoms with Crippen LogP contribution in [0.25, 0.3) is 0 Å². The zero-order valence-electron chi connectivity index (χ0n) is 9.84. The standard InChI is InChI=1S/C11H10BF3NO2/c1-6-3-7(2)9-8(4-6)16(5-12(13,14)15)11(18)10(9)17/h3-4H,5H2,1-2H3/q-1. The molecule has 18 heavy (non-hydrogen) atoms. The van der Waals surface area contributed by atoms with E-state index in [4.69, 9.17) is 0 Å². The first-order valence-corrected chi connectivity index (χ1v) is 5.39. The number of amides is 1. The van der Waals surface area contributed by atoms with Crippen LogP contribution in [0.15, 0.2) is 12.1 Å². The smallest absolute Gasteiger partial charge is 0.448 e. The van der Waals surface area contributed by atoms with E-state index in [0.717, 1.165) is 0 Å². The van der Waals surface area contributed by atoms with E-state index in [9.17, 15) is 22.5 Å². The highest BCUT2D eigenvalue weighted by Crippen LogP contribution is 2.33. The Kier molecular flexibility index (Phi) is 2.72. The number of benzene rings is 1. The largest absolute Gasteiger partial charge is 0.497 e. The number of hydrogen-bond donors (Lipinski definition) is 0. The first-order valence-electron chi connectivity index (χ1n) is 5.39. The van der Waals surface area contributed by atoms with Gasteiger partial charge in [0.15, 0.2) is 0 Å². The molecule has 1 heterocycles. The van der Waals surface area contributed by atoms with Gasteiger partial charge in [-0.1, -0.05) is 6.07 Å². The molecule has 1 amide bonds. The maximum atomic E-state index is 12.5. The molecule has 0 saturated carbocycles. The minimum absolute atomic E-state index is 0.0710. The summed E-state index contributed by atoms with van der Waals surface area (Å²) in [6, 6.07) is 3.11. The zero-order valence-corrected chi connectivity index (χ0v) is 9.84. The molecule has 0 aliphatic carbocycles. The second kappa shape index (κ2) is 3.86. The lowest BCUT2D eigenvalue weighted by atomic mass is 9.91. The van der Waals surface area contributed by atoms with Crippen LogP contribution in [0.1, 0.15) is 21.5 Å². The first-order chi connectivity index (χ1) is 8.20. The van der Waals surface area contributed by atoms with E-state index >= 15 is 0 Å². The van der Waals surface area contributed by atoms with Gasteiger partial charge < -0.3 is 17.8 Å². The van der Waals surface area contributed by atoms with Crippen molar-refractivity contribution in [2.45, 2.75) is 13.8 Å². The minimum atomic E-state index is -5.17. The average molecular weight is 256 g/mol. The Morgan fingerprint density at radius 2 is 1.78 bits per heavy atom. The van der Waals surface area contributed by atoms with Crippen LogP contribution in [0.2, 0.25) is 0 Å². The van der Waals surface area contributed by atoms with E-state index in [1.54, 1.807) is 19.9 Å². The molecule has 1 aliphatic heterocycles. The SMILES string of the molecule is Cc1cc(C)c2c(c1)N(C[B-](F)(F)F)C(=O)C2=O. The lowest BCUT2D eigenvalue weighted by Crippen LogP contribution is -2.41. The van der Waals surface area contributed by atoms with Gasteiger partial charge in [0.05, 0.1) is 11.3 Å². The molecule has 0 atom stereocenters. The highest BCUT2D eigenvalue weighted by molar-refractivity contribution is 6.62. The molecule has 3 nitrogen and oxygen atoms in total. The minimum Gasteiger partial charge on any atom is -0.448 e. The first kappa shape index (κ1) is 12.7. The summed E-state index contributed by atoms with van der Waals surface area (Å²) in [6.45, 7) is -1.85. The van der Waals surface area contributed by atoms with Gasteiger partial charge in [0.1, 0.15) is 0 Å². The summed E-state index contributed by atoms with van der Waals surface area (Å²) >= 11 is 0. The highest BCUT2D eigenvalue weighted by Gasteiger charge is 2.40. The molecule has 96 valence electrons. The van der Waals surface area contributed by atoms with Gasteiger partial charge in [0.2, 0.25) is 0 Å². The van der Waals surface area contributed by atoms with Crippen molar-refractivity contribution >= 4 is 24.4 Å². The number of nitrogens with zero attached hydrogens (tertiary/aromatic N) is 1. The van der Waals surface area contributed by atoms with Crippen molar-refractivity contribution < 1.29 is 22.5 Å². The Balaban J connectivity index is 2.55. The van der Waals surface area contributed by atoms with E-state index in [0.29, 0.717) is 16.0 Å². The molecule has 1 aromatic carbocycles. The van der Waals surface area contributed by atoms with Crippen LogP contribution in [0, 0.1) is 13.8 Å². The molecule has 0 saturated heterocycles. The second-order valence-corrected chi connectivity index (χ2v) is 4.43. The number of fused-ring (bicyclic) bond motifs is 1. The van der Waals surface area contributed by atoms with E-state index < -0.39 is 25.1 Å². The van der Waals surface area contributed by atoms with Crippen LogP contribution in [0.3, 0.4) is 0 Å². The summed E-state index contributed by atoms with van der Waals surface area (Å²) in [5.74, 6) is -1.96. The summed E-state index contributed by atoms with van der Waals surface area (Å²) in [4.78, 5) is 23.8. The topological polar surface area (TPSA) is 37.4 Å². The maximum Gasteiger partial charge on any atom is 0.497 e. The summed E-state index contributed by atoms with van der Waals surface area (Å²) in [5.41, 5.74) is 1.40. The maximum absolute atomic E-state index is 12.5. The Labute approximate surface area is 102 Å². The third-order valence-electron chi connectivity index (χ3n) is 2.81. The van der Waals surface area contributed by atoms with E-state index in [1.165, 1.54) is 6.07 Å². The monoisotopic (exact) mass is 256 g/mol. The fraction of sp³-hybridized carbons (Fsp3) is 0.273. The predicted octanol–water partition coefficient (Wildman–Crippen LogP) is 2.22. The Morgan fingerprint density at radius 1 is 1.17 bits per heavy atom.